The van der Waals surface area contributed by atoms with Gasteiger partial charge in [-0.05, 0) is 55.3 Å². The lowest BCUT2D eigenvalue weighted by Crippen LogP contribution is -2.42. The van der Waals surface area contributed by atoms with Crippen molar-refractivity contribution in [3.05, 3.63) is 80.3 Å². The molecule has 15 heteroatoms. The van der Waals surface area contributed by atoms with Gasteiger partial charge in [-0.25, -0.2) is 13.4 Å². The van der Waals surface area contributed by atoms with Crippen LogP contribution in [0.2, 0.25) is 5.02 Å². The first-order chi connectivity index (χ1) is 17.7. The first kappa shape index (κ1) is 26.5. The summed E-state index contributed by atoms with van der Waals surface area (Å²) in [6.07, 6.45) is 2.42. The monoisotopic (exact) mass is 562 g/mol. The summed E-state index contributed by atoms with van der Waals surface area (Å²) in [5, 5.41) is 22.1. The average Bonchev–Trinajstić information content (AvgIpc) is 3.37. The number of nitro groups is 1. The molecule has 0 saturated carbocycles. The van der Waals surface area contributed by atoms with Crippen LogP contribution in [0.4, 0.5) is 11.5 Å². The van der Waals surface area contributed by atoms with E-state index in [1.165, 1.54) is 40.8 Å². The molecule has 0 unspecified atom stereocenters. The summed E-state index contributed by atoms with van der Waals surface area (Å²) in [6, 6.07) is 12.1. The third-order valence-electron chi connectivity index (χ3n) is 5.53. The maximum atomic E-state index is 13.1. The summed E-state index contributed by atoms with van der Waals surface area (Å²) in [5.41, 5.74) is 0.202. The Labute approximate surface area is 220 Å². The number of sulfonamides is 1. The second-order valence-corrected chi connectivity index (χ2v) is 11.7. The summed E-state index contributed by atoms with van der Waals surface area (Å²) < 4.78 is 27.8. The average molecular weight is 563 g/mol. The topological polar surface area (TPSA) is 161 Å². The number of hydrogen-bond donors (Lipinski definition) is 1. The predicted molar refractivity (Wildman–Crippen MR) is 137 cm³/mol. The zero-order valence-corrected chi connectivity index (χ0v) is 21.6. The van der Waals surface area contributed by atoms with E-state index < -0.39 is 20.9 Å². The Morgan fingerprint density at radius 1 is 1.22 bits per heavy atom. The molecule has 0 spiro atoms. The van der Waals surface area contributed by atoms with Crippen LogP contribution in [0, 0.1) is 10.1 Å². The molecule has 37 heavy (non-hydrogen) atoms. The fraction of sp³-hybridized carbons (Fsp3) is 0.273. The van der Waals surface area contributed by atoms with E-state index in [-0.39, 0.29) is 41.4 Å². The number of nitrogens with one attached hydrogen (secondary N) is 1. The SMILES string of the molecule is O=C(N=[N+]=NCc1ccc(S(=O)(=O)N2CCC(Nc3ncccc3[N+](=O)[O-])CC2)s1)c1ccc(Cl)cc1. The van der Waals surface area contributed by atoms with E-state index in [0.717, 1.165) is 11.3 Å². The second kappa shape index (κ2) is 11.7. The van der Waals surface area contributed by atoms with Gasteiger partial charge in [-0.2, -0.15) is 4.31 Å². The molecule has 1 amide bonds. The summed E-state index contributed by atoms with van der Waals surface area (Å²) in [5.74, 6) is -0.391. The van der Waals surface area contributed by atoms with Crippen molar-refractivity contribution in [3.8, 4) is 0 Å². The highest BCUT2D eigenvalue weighted by atomic mass is 35.5. The van der Waals surface area contributed by atoms with Crippen LogP contribution >= 0.6 is 22.9 Å². The number of hydrogen-bond acceptors (Lipinski definition) is 9. The molecule has 4 rings (SSSR count). The molecule has 1 N–H and O–H groups in total. The molecule has 1 fully saturated rings. The van der Waals surface area contributed by atoms with Crippen molar-refractivity contribution in [2.75, 3.05) is 18.4 Å². The number of aromatic nitrogens is 1. The van der Waals surface area contributed by atoms with Crippen LogP contribution in [-0.2, 0) is 16.6 Å². The van der Waals surface area contributed by atoms with Gasteiger partial charge in [-0.1, -0.05) is 11.6 Å². The molecule has 1 saturated heterocycles. The van der Waals surface area contributed by atoms with Crippen molar-refractivity contribution in [3.63, 3.8) is 0 Å². The Balaban J connectivity index is 1.33. The summed E-state index contributed by atoms with van der Waals surface area (Å²) in [4.78, 5) is 30.9. The Morgan fingerprint density at radius 2 is 1.95 bits per heavy atom. The number of halogens is 1. The van der Waals surface area contributed by atoms with E-state index in [2.05, 4.69) is 25.4 Å². The lowest BCUT2D eigenvalue weighted by Gasteiger charge is -2.31. The van der Waals surface area contributed by atoms with Gasteiger partial charge in [0.25, 0.3) is 10.0 Å². The first-order valence-electron chi connectivity index (χ1n) is 11.1. The van der Waals surface area contributed by atoms with Crippen LogP contribution in [0.3, 0.4) is 0 Å². The molecule has 0 bridgehead atoms. The molecule has 0 radical (unpaired) electrons. The number of piperidine rings is 1. The Kier molecular flexibility index (Phi) is 8.36. The largest absolute Gasteiger partial charge is 0.362 e. The van der Waals surface area contributed by atoms with Gasteiger partial charge in [0, 0.05) is 46.9 Å². The standard InChI is InChI=1S/C22H21ClN7O5S2/c23-16-5-3-15(4-6-16)22(31)27-28-25-14-18-7-8-20(36-18)37(34,35)29-12-9-17(10-13-29)26-21-19(30(32)33)2-1-11-24-21/h1-8,11,17H,9-10,12-14H2,(H,24,26)/q+1. The minimum atomic E-state index is -3.70. The Hall–Kier alpha value is -3.55. The minimum absolute atomic E-state index is 0.0758. The number of carbonyl (C=O) groups excluding carboxylic acids is 1. The molecule has 2 aromatic heterocycles. The number of rotatable bonds is 8. The second-order valence-electron chi connectivity index (χ2n) is 7.97. The molecular weight excluding hydrogens is 542 g/mol. The van der Waals surface area contributed by atoms with Crippen molar-refractivity contribution < 1.29 is 18.1 Å². The van der Waals surface area contributed by atoms with Gasteiger partial charge in [0.15, 0.2) is 6.54 Å². The summed E-state index contributed by atoms with van der Waals surface area (Å²) in [7, 11) is -3.70. The molecule has 12 nitrogen and oxygen atoms in total. The zero-order chi connectivity index (χ0) is 26.4. The van der Waals surface area contributed by atoms with Gasteiger partial charge in [0.1, 0.15) is 9.32 Å². The van der Waals surface area contributed by atoms with Gasteiger partial charge >= 0.3 is 11.6 Å². The number of carbonyl (C=O) groups is 1. The zero-order valence-electron chi connectivity index (χ0n) is 19.2. The van der Waals surface area contributed by atoms with E-state index in [1.54, 1.807) is 18.2 Å². The van der Waals surface area contributed by atoms with E-state index in [1.807, 2.05) is 0 Å². The quantitative estimate of drug-likeness (QED) is 0.185. The van der Waals surface area contributed by atoms with Crippen molar-refractivity contribution in [2.24, 2.45) is 10.2 Å². The van der Waals surface area contributed by atoms with Gasteiger partial charge in [-0.15, -0.1) is 11.3 Å². The van der Waals surface area contributed by atoms with E-state index >= 15 is 0 Å². The molecule has 0 aliphatic carbocycles. The van der Waals surface area contributed by atoms with E-state index in [9.17, 15) is 23.3 Å². The molecule has 1 aliphatic heterocycles. The van der Waals surface area contributed by atoms with Crippen LogP contribution in [-0.4, -0.2) is 47.7 Å². The van der Waals surface area contributed by atoms with Gasteiger partial charge in [0.2, 0.25) is 15.8 Å². The Morgan fingerprint density at radius 3 is 2.65 bits per heavy atom. The maximum Gasteiger partial charge on any atom is 0.360 e. The molecule has 1 aromatic carbocycles. The third-order valence-corrected chi connectivity index (χ3v) is 9.21. The molecule has 3 heterocycles. The van der Waals surface area contributed by atoms with Gasteiger partial charge in [0.05, 0.1) is 4.92 Å². The first-order valence-corrected chi connectivity index (χ1v) is 13.7. The summed E-state index contributed by atoms with van der Waals surface area (Å²) in [6.45, 7) is 0.602. The normalized spacial score (nSPS) is 14.5. The van der Waals surface area contributed by atoms with Crippen molar-refractivity contribution >= 4 is 50.4 Å². The number of thiophene rings is 1. The van der Waals surface area contributed by atoms with Crippen LogP contribution in [0.15, 0.2) is 69.2 Å². The van der Waals surface area contributed by atoms with Crippen LogP contribution in [0.5, 0.6) is 0 Å². The molecule has 0 atom stereocenters. The van der Waals surface area contributed by atoms with Gasteiger partial charge < -0.3 is 5.32 Å². The lowest BCUT2D eigenvalue weighted by atomic mass is 10.1. The number of amides is 1. The highest BCUT2D eigenvalue weighted by Gasteiger charge is 2.31. The molecule has 192 valence electrons. The van der Waals surface area contributed by atoms with Crippen molar-refractivity contribution in [1.29, 1.82) is 0 Å². The third kappa shape index (κ3) is 6.61. The van der Waals surface area contributed by atoms with Crippen LogP contribution < -0.4 is 10.2 Å². The highest BCUT2D eigenvalue weighted by molar-refractivity contribution is 7.91. The molecular formula is C22H21ClN7O5S2+. The Bertz CT molecular complexity index is 1460. The molecule has 3 aromatic rings. The fourth-order valence-electron chi connectivity index (χ4n) is 3.62. The van der Waals surface area contributed by atoms with Gasteiger partial charge in [-0.3, -0.25) is 14.9 Å². The van der Waals surface area contributed by atoms with Crippen molar-refractivity contribution in [1.82, 2.24) is 14.2 Å². The number of nitrogens with zero attached hydrogens (tertiary/aromatic N) is 6. The maximum absolute atomic E-state index is 13.1. The minimum Gasteiger partial charge on any atom is -0.362 e. The highest BCUT2D eigenvalue weighted by Crippen LogP contribution is 2.29. The van der Waals surface area contributed by atoms with Crippen LogP contribution in [0.25, 0.3) is 0 Å². The lowest BCUT2D eigenvalue weighted by molar-refractivity contribution is -0.384. The number of pyridine rings is 1. The molecule has 1 aliphatic rings. The number of benzene rings is 1. The van der Waals surface area contributed by atoms with Crippen LogP contribution in [0.1, 0.15) is 28.1 Å². The predicted octanol–water partition coefficient (Wildman–Crippen LogP) is 4.28. The van der Waals surface area contributed by atoms with E-state index in [4.69, 9.17) is 11.6 Å². The smallest absolute Gasteiger partial charge is 0.360 e. The summed E-state index contributed by atoms with van der Waals surface area (Å²) >= 11 is 6.86. The van der Waals surface area contributed by atoms with Crippen molar-refractivity contribution in [2.45, 2.75) is 29.6 Å². The number of anilines is 1. The van der Waals surface area contributed by atoms with E-state index in [0.29, 0.717) is 28.3 Å². The fourth-order valence-corrected chi connectivity index (χ4v) is 6.65.